The molecule has 96 valence electrons. The predicted octanol–water partition coefficient (Wildman–Crippen LogP) is 1.68. The van der Waals surface area contributed by atoms with Crippen LogP contribution in [-0.4, -0.2) is 22.4 Å². The number of nitrogens with zero attached hydrogens (tertiary/aromatic N) is 2. The van der Waals surface area contributed by atoms with Crippen molar-refractivity contribution < 1.29 is 22.7 Å². The molecule has 0 aliphatic carbocycles. The maximum atomic E-state index is 12.5. The summed E-state index contributed by atoms with van der Waals surface area (Å²) < 4.78 is 43.1. The number of aromatic nitrogens is 2. The molecule has 0 aromatic carbocycles. The van der Waals surface area contributed by atoms with Crippen LogP contribution in [0.4, 0.5) is 18.9 Å². The number of nitrogen functional groups attached to an aromatic ring is 1. The fourth-order valence-electron chi connectivity index (χ4n) is 1.33. The Bertz CT molecular complexity index is 426. The number of halogens is 3. The molecular weight excluding hydrogens is 239 g/mol. The molecule has 1 rings (SSSR count). The van der Waals surface area contributed by atoms with Crippen molar-refractivity contribution in [3.05, 3.63) is 11.4 Å². The fraction of sp³-hybridized carbons (Fsp3) is 0.556. The Balaban J connectivity index is 3.30. The molecule has 0 aliphatic heterocycles. The van der Waals surface area contributed by atoms with Crippen molar-refractivity contribution in [1.29, 1.82) is 0 Å². The number of aryl methyl sites for hydroxylation is 1. The van der Waals surface area contributed by atoms with E-state index in [1.807, 2.05) is 0 Å². The second-order valence-corrected chi connectivity index (χ2v) is 3.14. The first kappa shape index (κ1) is 13.3. The molecule has 0 spiro atoms. The molecule has 1 heterocycles. The van der Waals surface area contributed by atoms with Crippen molar-refractivity contribution in [1.82, 2.24) is 9.78 Å². The van der Waals surface area contributed by atoms with Crippen molar-refractivity contribution in [2.45, 2.75) is 26.6 Å². The summed E-state index contributed by atoms with van der Waals surface area (Å²) >= 11 is 0. The summed E-state index contributed by atoms with van der Waals surface area (Å²) in [6, 6.07) is 0. The van der Waals surface area contributed by atoms with Crippen LogP contribution in [0, 0.1) is 0 Å². The fourth-order valence-corrected chi connectivity index (χ4v) is 1.33. The molecule has 0 aliphatic rings. The van der Waals surface area contributed by atoms with Gasteiger partial charge in [-0.1, -0.05) is 0 Å². The summed E-state index contributed by atoms with van der Waals surface area (Å²) in [5.41, 5.74) is 2.98. The van der Waals surface area contributed by atoms with Gasteiger partial charge in [-0.25, -0.2) is 4.79 Å². The van der Waals surface area contributed by atoms with E-state index in [9.17, 15) is 18.0 Å². The lowest BCUT2D eigenvalue weighted by molar-refractivity contribution is -0.140. The number of hydrogen-bond acceptors (Lipinski definition) is 4. The van der Waals surface area contributed by atoms with Gasteiger partial charge in [-0.05, 0) is 13.8 Å². The molecule has 8 heteroatoms. The Labute approximate surface area is 95.3 Å². The molecule has 1 aromatic rings. The predicted molar refractivity (Wildman–Crippen MR) is 53.3 cm³/mol. The zero-order chi connectivity index (χ0) is 13.2. The van der Waals surface area contributed by atoms with Crippen LogP contribution in [0.5, 0.6) is 0 Å². The van der Waals surface area contributed by atoms with Crippen molar-refractivity contribution in [2.24, 2.45) is 0 Å². The highest BCUT2D eigenvalue weighted by molar-refractivity contribution is 5.94. The van der Waals surface area contributed by atoms with Crippen LogP contribution < -0.4 is 5.73 Å². The van der Waals surface area contributed by atoms with Gasteiger partial charge in [0.1, 0.15) is 0 Å². The van der Waals surface area contributed by atoms with Gasteiger partial charge in [0, 0.05) is 6.54 Å². The molecule has 0 unspecified atom stereocenters. The molecule has 1 aromatic heterocycles. The van der Waals surface area contributed by atoms with E-state index in [-0.39, 0.29) is 18.8 Å². The van der Waals surface area contributed by atoms with Gasteiger partial charge in [-0.2, -0.15) is 18.3 Å². The van der Waals surface area contributed by atoms with E-state index in [1.165, 1.54) is 0 Å². The van der Waals surface area contributed by atoms with Crippen LogP contribution in [0.15, 0.2) is 0 Å². The first-order chi connectivity index (χ1) is 7.82. The zero-order valence-electron chi connectivity index (χ0n) is 9.34. The normalized spacial score (nSPS) is 11.6. The Morgan fingerprint density at radius 3 is 2.47 bits per heavy atom. The summed E-state index contributed by atoms with van der Waals surface area (Å²) in [6.45, 7) is 3.24. The molecule has 0 radical (unpaired) electrons. The minimum Gasteiger partial charge on any atom is -0.461 e. The number of carbonyl (C=O) groups excluding carboxylic acids is 1. The quantitative estimate of drug-likeness (QED) is 0.830. The monoisotopic (exact) mass is 251 g/mol. The van der Waals surface area contributed by atoms with Gasteiger partial charge < -0.3 is 10.5 Å². The standard InChI is InChI=1S/C9H12F3N3O2/c1-3-15-6(8(16)17-4-2)5(13)7(14-15)9(10,11)12/h3-4,13H2,1-2H3. The van der Waals surface area contributed by atoms with Crippen LogP contribution >= 0.6 is 0 Å². The summed E-state index contributed by atoms with van der Waals surface area (Å²) in [6.07, 6.45) is -4.69. The Kier molecular flexibility index (Phi) is 3.64. The lowest BCUT2D eigenvalue weighted by Crippen LogP contribution is -2.14. The second-order valence-electron chi connectivity index (χ2n) is 3.14. The summed E-state index contributed by atoms with van der Waals surface area (Å²) in [5, 5.41) is 3.27. The average molecular weight is 251 g/mol. The van der Waals surface area contributed by atoms with E-state index < -0.39 is 23.5 Å². The van der Waals surface area contributed by atoms with Gasteiger partial charge in [-0.15, -0.1) is 0 Å². The van der Waals surface area contributed by atoms with E-state index >= 15 is 0 Å². The van der Waals surface area contributed by atoms with Gasteiger partial charge in [0.25, 0.3) is 0 Å². The summed E-state index contributed by atoms with van der Waals surface area (Å²) in [7, 11) is 0. The smallest absolute Gasteiger partial charge is 0.437 e. The summed E-state index contributed by atoms with van der Waals surface area (Å²) in [5.74, 6) is -0.908. The van der Waals surface area contributed by atoms with E-state index in [0.29, 0.717) is 0 Å². The Hall–Kier alpha value is -1.73. The molecule has 17 heavy (non-hydrogen) atoms. The van der Waals surface area contributed by atoms with Crippen molar-refractivity contribution in [3.8, 4) is 0 Å². The molecule has 5 nitrogen and oxygen atoms in total. The van der Waals surface area contributed by atoms with Crippen LogP contribution in [0.25, 0.3) is 0 Å². The molecule has 0 atom stereocenters. The first-order valence-electron chi connectivity index (χ1n) is 4.93. The highest BCUT2D eigenvalue weighted by atomic mass is 19.4. The molecule has 0 saturated heterocycles. The zero-order valence-corrected chi connectivity index (χ0v) is 9.34. The largest absolute Gasteiger partial charge is 0.461 e. The van der Waals surface area contributed by atoms with Crippen LogP contribution in [-0.2, 0) is 17.5 Å². The number of alkyl halides is 3. The van der Waals surface area contributed by atoms with Gasteiger partial charge in [-0.3, -0.25) is 4.68 Å². The van der Waals surface area contributed by atoms with Crippen molar-refractivity contribution in [2.75, 3.05) is 12.3 Å². The molecule has 0 saturated carbocycles. The maximum Gasteiger partial charge on any atom is 0.437 e. The van der Waals surface area contributed by atoms with Crippen molar-refractivity contribution in [3.63, 3.8) is 0 Å². The van der Waals surface area contributed by atoms with Crippen molar-refractivity contribution >= 4 is 11.7 Å². The van der Waals surface area contributed by atoms with Gasteiger partial charge >= 0.3 is 12.1 Å². The first-order valence-corrected chi connectivity index (χ1v) is 4.93. The van der Waals surface area contributed by atoms with Crippen LogP contribution in [0.2, 0.25) is 0 Å². The second kappa shape index (κ2) is 4.64. The number of anilines is 1. The SMILES string of the molecule is CCOC(=O)c1c(N)c(C(F)(F)F)nn1CC. The Morgan fingerprint density at radius 2 is 2.06 bits per heavy atom. The number of nitrogens with two attached hydrogens (primary N) is 1. The molecule has 0 amide bonds. The molecular formula is C9H12F3N3O2. The lowest BCUT2D eigenvalue weighted by atomic mass is 10.3. The van der Waals surface area contributed by atoms with Crippen LogP contribution in [0.3, 0.4) is 0 Å². The molecule has 0 bridgehead atoms. The molecule has 2 N–H and O–H groups in total. The van der Waals surface area contributed by atoms with Gasteiger partial charge in [0.2, 0.25) is 0 Å². The third kappa shape index (κ3) is 2.51. The van der Waals surface area contributed by atoms with E-state index in [4.69, 9.17) is 5.73 Å². The number of ether oxygens (including phenoxy) is 1. The third-order valence-electron chi connectivity index (χ3n) is 2.03. The van der Waals surface area contributed by atoms with Gasteiger partial charge in [0.05, 0.1) is 12.3 Å². The highest BCUT2D eigenvalue weighted by Gasteiger charge is 2.39. The van der Waals surface area contributed by atoms with Crippen LogP contribution in [0.1, 0.15) is 30.0 Å². The number of esters is 1. The summed E-state index contributed by atoms with van der Waals surface area (Å²) in [4.78, 5) is 11.5. The number of carbonyl (C=O) groups is 1. The lowest BCUT2D eigenvalue weighted by Gasteiger charge is -2.04. The topological polar surface area (TPSA) is 70.1 Å². The molecule has 0 fully saturated rings. The third-order valence-corrected chi connectivity index (χ3v) is 2.03. The Morgan fingerprint density at radius 1 is 1.47 bits per heavy atom. The van der Waals surface area contributed by atoms with E-state index in [2.05, 4.69) is 9.84 Å². The average Bonchev–Trinajstić information content (AvgIpc) is 2.55. The maximum absolute atomic E-state index is 12.5. The highest BCUT2D eigenvalue weighted by Crippen LogP contribution is 2.34. The van der Waals surface area contributed by atoms with Gasteiger partial charge in [0.15, 0.2) is 11.4 Å². The van der Waals surface area contributed by atoms with E-state index in [1.54, 1.807) is 13.8 Å². The number of rotatable bonds is 3. The minimum atomic E-state index is -4.69. The van der Waals surface area contributed by atoms with E-state index in [0.717, 1.165) is 4.68 Å². The number of hydrogen-bond donors (Lipinski definition) is 1. The minimum absolute atomic E-state index is 0.0501.